The summed E-state index contributed by atoms with van der Waals surface area (Å²) in [7, 11) is 0. The van der Waals surface area contributed by atoms with Crippen LogP contribution in [0, 0.1) is 0 Å². The molecule has 0 spiro atoms. The summed E-state index contributed by atoms with van der Waals surface area (Å²) in [6, 6.07) is 13.1. The van der Waals surface area contributed by atoms with Crippen LogP contribution in [0.2, 0.25) is 0 Å². The van der Waals surface area contributed by atoms with Gasteiger partial charge in [-0.3, -0.25) is 0 Å². The maximum absolute atomic E-state index is 11.4. The molecule has 5 heteroatoms. The van der Waals surface area contributed by atoms with E-state index in [4.69, 9.17) is 5.73 Å². The van der Waals surface area contributed by atoms with Crippen LogP contribution < -0.4 is 5.73 Å². The van der Waals surface area contributed by atoms with Gasteiger partial charge in [-0.2, -0.15) is 0 Å². The van der Waals surface area contributed by atoms with Crippen molar-refractivity contribution in [3.05, 3.63) is 64.3 Å². The van der Waals surface area contributed by atoms with E-state index in [0.717, 1.165) is 15.4 Å². The first-order valence-corrected chi connectivity index (χ1v) is 7.21. The highest BCUT2D eigenvalue weighted by Gasteiger charge is 2.14. The predicted molar refractivity (Wildman–Crippen MR) is 86.6 cm³/mol. The number of carbonyl (C=O) groups is 1. The van der Waals surface area contributed by atoms with E-state index in [1.54, 1.807) is 18.2 Å². The first-order valence-electron chi connectivity index (χ1n) is 6.42. The number of carboxylic acid groups (broad SMARTS) is 1. The Morgan fingerprint density at radius 3 is 2.71 bits per heavy atom. The van der Waals surface area contributed by atoms with E-state index in [1.165, 1.54) is 0 Å². The molecule has 0 radical (unpaired) electrons. The van der Waals surface area contributed by atoms with Gasteiger partial charge in [-0.05, 0) is 29.8 Å². The molecule has 0 saturated carbocycles. The predicted octanol–water partition coefficient (Wildman–Crippen LogP) is 3.73. The van der Waals surface area contributed by atoms with E-state index in [1.807, 2.05) is 35.0 Å². The largest absolute Gasteiger partial charge is 0.478 e. The number of carboxylic acids is 1. The minimum absolute atomic E-state index is 0.175. The molecule has 1 aromatic heterocycles. The van der Waals surface area contributed by atoms with Crippen LogP contribution in [0.3, 0.4) is 0 Å². The molecule has 0 atom stereocenters. The van der Waals surface area contributed by atoms with Crippen molar-refractivity contribution < 1.29 is 9.90 Å². The van der Waals surface area contributed by atoms with Crippen LogP contribution in [0.5, 0.6) is 0 Å². The number of hydrogen-bond donors (Lipinski definition) is 2. The lowest BCUT2D eigenvalue weighted by molar-refractivity contribution is 0.0697. The van der Waals surface area contributed by atoms with Crippen LogP contribution in [0.4, 0.5) is 5.69 Å². The van der Waals surface area contributed by atoms with E-state index in [-0.39, 0.29) is 11.3 Å². The van der Waals surface area contributed by atoms with Gasteiger partial charge < -0.3 is 15.4 Å². The number of aromatic carboxylic acids is 1. The van der Waals surface area contributed by atoms with Crippen molar-refractivity contribution in [1.82, 2.24) is 4.57 Å². The van der Waals surface area contributed by atoms with E-state index in [2.05, 4.69) is 15.9 Å². The fourth-order valence-electron chi connectivity index (χ4n) is 2.52. The summed E-state index contributed by atoms with van der Waals surface area (Å²) >= 11 is 3.52. The monoisotopic (exact) mass is 344 g/mol. The molecule has 0 aliphatic carbocycles. The summed E-state index contributed by atoms with van der Waals surface area (Å²) in [6.45, 7) is 0.465. The molecule has 106 valence electrons. The molecule has 3 aromatic rings. The SMILES string of the molecule is Nc1cccc(Cn2ccc3c(Br)cccc32)c1C(=O)O. The standard InChI is InChI=1S/C16H13BrN2O2/c17-12-4-2-6-14-11(12)7-8-19(14)9-10-3-1-5-13(18)15(10)16(20)21/h1-8H,9,18H2,(H,20,21). The smallest absolute Gasteiger partial charge is 0.338 e. The van der Waals surface area contributed by atoms with Crippen molar-refractivity contribution >= 4 is 38.5 Å². The van der Waals surface area contributed by atoms with Crippen LogP contribution in [0.15, 0.2) is 53.1 Å². The van der Waals surface area contributed by atoms with E-state index in [9.17, 15) is 9.90 Å². The summed E-state index contributed by atoms with van der Waals surface area (Å²) < 4.78 is 3.03. The average molecular weight is 345 g/mol. The molecule has 0 bridgehead atoms. The van der Waals surface area contributed by atoms with Crippen LogP contribution >= 0.6 is 15.9 Å². The highest BCUT2D eigenvalue weighted by atomic mass is 79.9. The lowest BCUT2D eigenvalue weighted by Gasteiger charge is -2.11. The lowest BCUT2D eigenvalue weighted by Crippen LogP contribution is -2.09. The minimum atomic E-state index is -0.999. The summed E-state index contributed by atoms with van der Waals surface area (Å²) in [5.74, 6) is -0.999. The Balaban J connectivity index is 2.10. The summed E-state index contributed by atoms with van der Waals surface area (Å²) in [5.41, 5.74) is 7.99. The number of fused-ring (bicyclic) bond motifs is 1. The molecular weight excluding hydrogens is 332 g/mol. The summed E-state index contributed by atoms with van der Waals surface area (Å²) in [5, 5.41) is 10.4. The number of benzene rings is 2. The minimum Gasteiger partial charge on any atom is -0.478 e. The molecule has 2 aromatic carbocycles. The van der Waals surface area contributed by atoms with Crippen LogP contribution in [0.25, 0.3) is 10.9 Å². The Hall–Kier alpha value is -2.27. The Kier molecular flexibility index (Phi) is 3.43. The van der Waals surface area contributed by atoms with Gasteiger partial charge in [0.25, 0.3) is 0 Å². The molecule has 0 amide bonds. The number of halogens is 1. The molecule has 0 unspecified atom stereocenters. The lowest BCUT2D eigenvalue weighted by atomic mass is 10.1. The topological polar surface area (TPSA) is 68.2 Å². The van der Waals surface area contributed by atoms with E-state index < -0.39 is 5.97 Å². The van der Waals surface area contributed by atoms with Crippen LogP contribution in [-0.4, -0.2) is 15.6 Å². The van der Waals surface area contributed by atoms with E-state index in [0.29, 0.717) is 12.1 Å². The van der Waals surface area contributed by atoms with Gasteiger partial charge in [0.1, 0.15) is 0 Å². The Morgan fingerprint density at radius 1 is 1.19 bits per heavy atom. The van der Waals surface area contributed by atoms with Crippen molar-refractivity contribution in [3.63, 3.8) is 0 Å². The highest BCUT2D eigenvalue weighted by molar-refractivity contribution is 9.10. The zero-order chi connectivity index (χ0) is 15.0. The molecule has 0 saturated heterocycles. The van der Waals surface area contributed by atoms with Crippen molar-refractivity contribution in [2.45, 2.75) is 6.54 Å². The number of nitrogens with zero attached hydrogens (tertiary/aromatic N) is 1. The molecule has 0 aliphatic heterocycles. The molecule has 0 fully saturated rings. The van der Waals surface area contributed by atoms with Gasteiger partial charge in [0.15, 0.2) is 0 Å². The fraction of sp³-hybridized carbons (Fsp3) is 0.0625. The summed E-state index contributed by atoms with van der Waals surface area (Å²) in [6.07, 6.45) is 1.95. The van der Waals surface area contributed by atoms with Gasteiger partial charge >= 0.3 is 5.97 Å². The second kappa shape index (κ2) is 5.26. The quantitative estimate of drug-likeness (QED) is 0.711. The molecule has 0 aliphatic rings. The van der Waals surface area contributed by atoms with Crippen molar-refractivity contribution in [3.8, 4) is 0 Å². The number of hydrogen-bond acceptors (Lipinski definition) is 2. The molecule has 1 heterocycles. The van der Waals surface area contributed by atoms with Crippen LogP contribution in [0.1, 0.15) is 15.9 Å². The van der Waals surface area contributed by atoms with Gasteiger partial charge in [-0.15, -0.1) is 0 Å². The number of nitrogen functional groups attached to an aromatic ring is 1. The third-order valence-electron chi connectivity index (χ3n) is 3.50. The number of anilines is 1. The first kappa shape index (κ1) is 13.7. The zero-order valence-corrected chi connectivity index (χ0v) is 12.7. The van der Waals surface area contributed by atoms with Crippen molar-refractivity contribution in [1.29, 1.82) is 0 Å². The third-order valence-corrected chi connectivity index (χ3v) is 4.19. The van der Waals surface area contributed by atoms with E-state index >= 15 is 0 Å². The van der Waals surface area contributed by atoms with Crippen molar-refractivity contribution in [2.75, 3.05) is 5.73 Å². The van der Waals surface area contributed by atoms with Crippen molar-refractivity contribution in [2.24, 2.45) is 0 Å². The van der Waals surface area contributed by atoms with Gasteiger partial charge in [-0.25, -0.2) is 4.79 Å². The molecule has 21 heavy (non-hydrogen) atoms. The second-order valence-electron chi connectivity index (χ2n) is 4.80. The van der Waals surface area contributed by atoms with Crippen LogP contribution in [-0.2, 0) is 6.54 Å². The van der Waals surface area contributed by atoms with Gasteiger partial charge in [0, 0.05) is 33.8 Å². The maximum Gasteiger partial charge on any atom is 0.338 e. The second-order valence-corrected chi connectivity index (χ2v) is 5.66. The molecule has 3 N–H and O–H groups in total. The molecule has 4 nitrogen and oxygen atoms in total. The normalized spacial score (nSPS) is 10.9. The van der Waals surface area contributed by atoms with Gasteiger partial charge in [0.05, 0.1) is 5.56 Å². The van der Waals surface area contributed by atoms with Gasteiger partial charge in [0.2, 0.25) is 0 Å². The summed E-state index contributed by atoms with van der Waals surface area (Å²) in [4.78, 5) is 11.4. The molecular formula is C16H13BrN2O2. The Bertz CT molecular complexity index is 839. The van der Waals surface area contributed by atoms with Gasteiger partial charge in [-0.1, -0.05) is 34.1 Å². The maximum atomic E-state index is 11.4. The Labute approximate surface area is 129 Å². The first-order chi connectivity index (χ1) is 10.1. The number of nitrogens with two attached hydrogens (primary N) is 1. The highest BCUT2D eigenvalue weighted by Crippen LogP contribution is 2.26. The zero-order valence-electron chi connectivity index (χ0n) is 11.1. The molecule has 3 rings (SSSR count). The fourth-order valence-corrected chi connectivity index (χ4v) is 3.01. The average Bonchev–Trinajstić information content (AvgIpc) is 2.83. The number of aromatic nitrogens is 1. The Morgan fingerprint density at radius 2 is 1.95 bits per heavy atom. The number of rotatable bonds is 3. The third kappa shape index (κ3) is 2.40.